The van der Waals surface area contributed by atoms with Gasteiger partial charge in [-0.2, -0.15) is 5.10 Å². The molecule has 2 unspecified atom stereocenters. The molecule has 0 spiro atoms. The Labute approximate surface area is 122 Å². The minimum absolute atomic E-state index is 0.323. The van der Waals surface area contributed by atoms with E-state index in [0.717, 1.165) is 41.5 Å². The molecule has 3 rings (SSSR count). The number of thioether (sulfide) groups is 1. The smallest absolute Gasteiger partial charge is 0.163 e. The molecule has 1 fully saturated rings. The van der Waals surface area contributed by atoms with Gasteiger partial charge < -0.3 is 10.1 Å². The van der Waals surface area contributed by atoms with Crippen molar-refractivity contribution in [3.63, 3.8) is 0 Å². The Bertz CT molecular complexity index is 614. The van der Waals surface area contributed by atoms with Crippen LogP contribution in [0, 0.1) is 0 Å². The molecule has 108 valence electrons. The average molecular weight is 293 g/mol. The zero-order chi connectivity index (χ0) is 14.1. The zero-order valence-corrected chi connectivity index (χ0v) is 12.8. The van der Waals surface area contributed by atoms with Gasteiger partial charge in [-0.15, -0.1) is 11.8 Å². The lowest BCUT2D eigenvalue weighted by atomic mass is 10.3. The summed E-state index contributed by atoms with van der Waals surface area (Å²) in [5.41, 5.74) is 0.871. The van der Waals surface area contributed by atoms with Crippen molar-refractivity contribution in [1.82, 2.24) is 19.7 Å². The van der Waals surface area contributed by atoms with E-state index in [2.05, 4.69) is 27.3 Å². The topological polar surface area (TPSA) is 64.9 Å². The number of ether oxygens (including phenoxy) is 1. The van der Waals surface area contributed by atoms with Crippen molar-refractivity contribution < 1.29 is 4.74 Å². The molecule has 1 aliphatic heterocycles. The maximum atomic E-state index is 5.59. The monoisotopic (exact) mass is 293 g/mol. The first-order valence-electron chi connectivity index (χ1n) is 6.78. The Morgan fingerprint density at radius 1 is 1.50 bits per heavy atom. The van der Waals surface area contributed by atoms with Crippen molar-refractivity contribution in [2.24, 2.45) is 7.05 Å². The van der Waals surface area contributed by atoms with Crippen LogP contribution in [0.5, 0.6) is 0 Å². The fourth-order valence-corrected chi connectivity index (χ4v) is 3.54. The molecular formula is C13H19N5OS. The third-order valence-corrected chi connectivity index (χ3v) is 5.08. The SMILES string of the molecule is CNc1nc(CSC2CCOC2C)nc2c1cnn2C. The summed E-state index contributed by atoms with van der Waals surface area (Å²) in [6.45, 7) is 3.00. The Hall–Kier alpha value is -1.34. The van der Waals surface area contributed by atoms with Crippen LogP contribution in [0.1, 0.15) is 19.2 Å². The van der Waals surface area contributed by atoms with Crippen LogP contribution < -0.4 is 5.32 Å². The fraction of sp³-hybridized carbons (Fsp3) is 0.615. The van der Waals surface area contributed by atoms with E-state index in [4.69, 9.17) is 4.74 Å². The molecule has 2 atom stereocenters. The molecule has 1 N–H and O–H groups in total. The maximum absolute atomic E-state index is 5.59. The number of aromatic nitrogens is 4. The van der Waals surface area contributed by atoms with Gasteiger partial charge >= 0.3 is 0 Å². The molecule has 1 aliphatic rings. The van der Waals surface area contributed by atoms with Crippen molar-refractivity contribution in [3.05, 3.63) is 12.0 Å². The maximum Gasteiger partial charge on any atom is 0.163 e. The predicted molar refractivity (Wildman–Crippen MR) is 81.0 cm³/mol. The molecule has 20 heavy (non-hydrogen) atoms. The van der Waals surface area contributed by atoms with Crippen molar-refractivity contribution in [2.45, 2.75) is 30.5 Å². The van der Waals surface area contributed by atoms with E-state index in [1.807, 2.05) is 25.9 Å². The van der Waals surface area contributed by atoms with E-state index in [1.165, 1.54) is 0 Å². The minimum atomic E-state index is 0.323. The second kappa shape index (κ2) is 5.57. The van der Waals surface area contributed by atoms with E-state index in [-0.39, 0.29) is 0 Å². The molecule has 0 aliphatic carbocycles. The number of aryl methyl sites for hydroxylation is 1. The third kappa shape index (κ3) is 2.47. The van der Waals surface area contributed by atoms with Crippen molar-refractivity contribution in [3.8, 4) is 0 Å². The van der Waals surface area contributed by atoms with E-state index < -0.39 is 0 Å². The fourth-order valence-electron chi connectivity index (χ4n) is 2.43. The Balaban J connectivity index is 1.82. The highest BCUT2D eigenvalue weighted by atomic mass is 32.2. The van der Waals surface area contributed by atoms with Crippen LogP contribution in [0.15, 0.2) is 6.20 Å². The van der Waals surface area contributed by atoms with Crippen molar-refractivity contribution >= 4 is 28.6 Å². The molecule has 6 nitrogen and oxygen atoms in total. The van der Waals surface area contributed by atoms with Gasteiger partial charge in [-0.1, -0.05) is 0 Å². The highest BCUT2D eigenvalue weighted by Gasteiger charge is 2.25. The summed E-state index contributed by atoms with van der Waals surface area (Å²) in [6, 6.07) is 0. The molecule has 7 heteroatoms. The molecule has 2 aromatic heterocycles. The molecule has 3 heterocycles. The van der Waals surface area contributed by atoms with Crippen LogP contribution in [0.3, 0.4) is 0 Å². The molecule has 0 radical (unpaired) electrons. The lowest BCUT2D eigenvalue weighted by Gasteiger charge is -2.13. The van der Waals surface area contributed by atoms with Gasteiger partial charge in [0.15, 0.2) is 5.65 Å². The summed E-state index contributed by atoms with van der Waals surface area (Å²) >= 11 is 1.87. The lowest BCUT2D eigenvalue weighted by molar-refractivity contribution is 0.127. The number of fused-ring (bicyclic) bond motifs is 1. The molecule has 2 aromatic rings. The van der Waals surface area contributed by atoms with Gasteiger partial charge in [0.2, 0.25) is 0 Å². The number of nitrogens with zero attached hydrogens (tertiary/aromatic N) is 4. The second-order valence-electron chi connectivity index (χ2n) is 4.96. The Kier molecular flexibility index (Phi) is 3.80. The van der Waals surface area contributed by atoms with Gasteiger partial charge in [0.05, 0.1) is 23.4 Å². The van der Waals surface area contributed by atoms with Gasteiger partial charge in [0.25, 0.3) is 0 Å². The van der Waals surface area contributed by atoms with Crippen molar-refractivity contribution in [1.29, 1.82) is 0 Å². The van der Waals surface area contributed by atoms with Crippen LogP contribution >= 0.6 is 11.8 Å². The minimum Gasteiger partial charge on any atom is -0.377 e. The van der Waals surface area contributed by atoms with Crippen LogP contribution in [-0.4, -0.2) is 44.8 Å². The molecule has 0 bridgehead atoms. The first-order valence-corrected chi connectivity index (χ1v) is 7.83. The molecule has 1 saturated heterocycles. The van der Waals surface area contributed by atoms with Crippen LogP contribution in [0.4, 0.5) is 5.82 Å². The molecule has 0 amide bonds. The largest absolute Gasteiger partial charge is 0.377 e. The van der Waals surface area contributed by atoms with Gasteiger partial charge in [0.1, 0.15) is 11.6 Å². The van der Waals surface area contributed by atoms with Crippen molar-refractivity contribution in [2.75, 3.05) is 19.0 Å². The summed E-state index contributed by atoms with van der Waals surface area (Å²) in [5.74, 6) is 2.48. The lowest BCUT2D eigenvalue weighted by Crippen LogP contribution is -2.14. The van der Waals surface area contributed by atoms with Gasteiger partial charge in [0, 0.05) is 26.0 Å². The van der Waals surface area contributed by atoms with Gasteiger partial charge in [-0.3, -0.25) is 4.68 Å². The van der Waals surface area contributed by atoms with E-state index >= 15 is 0 Å². The quantitative estimate of drug-likeness (QED) is 0.927. The molecule has 0 saturated carbocycles. The number of hydrogen-bond donors (Lipinski definition) is 1. The second-order valence-corrected chi connectivity index (χ2v) is 6.19. The van der Waals surface area contributed by atoms with Gasteiger partial charge in [-0.05, 0) is 13.3 Å². The normalized spacial score (nSPS) is 22.6. The summed E-state index contributed by atoms with van der Waals surface area (Å²) in [5, 5.41) is 8.86. The summed E-state index contributed by atoms with van der Waals surface area (Å²) in [4.78, 5) is 9.20. The Morgan fingerprint density at radius 3 is 3.05 bits per heavy atom. The third-order valence-electron chi connectivity index (χ3n) is 3.61. The zero-order valence-electron chi connectivity index (χ0n) is 12.0. The van der Waals surface area contributed by atoms with E-state index in [0.29, 0.717) is 11.4 Å². The predicted octanol–water partition coefficient (Wildman–Crippen LogP) is 1.82. The Morgan fingerprint density at radius 2 is 2.35 bits per heavy atom. The average Bonchev–Trinajstić information content (AvgIpc) is 3.03. The molecular weight excluding hydrogens is 274 g/mol. The standard InChI is InChI=1S/C13H19N5OS/c1-8-10(4-5-19-8)20-7-11-16-12(14-2)9-6-15-18(3)13(9)17-11/h6,8,10H,4-5,7H2,1-3H3,(H,14,16,17). The molecule has 0 aromatic carbocycles. The highest BCUT2D eigenvalue weighted by Crippen LogP contribution is 2.29. The van der Waals surface area contributed by atoms with Crippen LogP contribution in [0.2, 0.25) is 0 Å². The summed E-state index contributed by atoms with van der Waals surface area (Å²) in [7, 11) is 3.77. The van der Waals surface area contributed by atoms with E-state index in [1.54, 1.807) is 10.9 Å². The first kappa shape index (κ1) is 13.6. The van der Waals surface area contributed by atoms with Crippen LogP contribution in [-0.2, 0) is 17.5 Å². The highest BCUT2D eigenvalue weighted by molar-refractivity contribution is 7.99. The van der Waals surface area contributed by atoms with E-state index in [9.17, 15) is 0 Å². The summed E-state index contributed by atoms with van der Waals surface area (Å²) < 4.78 is 7.37. The van der Waals surface area contributed by atoms with Gasteiger partial charge in [-0.25, -0.2) is 9.97 Å². The number of hydrogen-bond acceptors (Lipinski definition) is 6. The summed E-state index contributed by atoms with van der Waals surface area (Å²) in [6.07, 6.45) is 3.23. The number of nitrogens with one attached hydrogen (secondary N) is 1. The first-order chi connectivity index (χ1) is 9.69. The number of rotatable bonds is 4. The number of anilines is 1. The van der Waals surface area contributed by atoms with Crippen LogP contribution in [0.25, 0.3) is 11.0 Å².